The second-order valence-electron chi connectivity index (χ2n) is 4.72. The fourth-order valence-corrected chi connectivity index (χ4v) is 3.45. The van der Waals surface area contributed by atoms with Gasteiger partial charge < -0.3 is 10.3 Å². The molecular weight excluding hydrogens is 290 g/mol. The molecule has 0 aliphatic carbocycles. The highest BCUT2D eigenvalue weighted by Gasteiger charge is 2.24. The third kappa shape index (κ3) is 2.87. The Morgan fingerprint density at radius 2 is 2.14 bits per heavy atom. The summed E-state index contributed by atoms with van der Waals surface area (Å²) in [5.41, 5.74) is 1.12. The van der Waals surface area contributed by atoms with Crippen molar-refractivity contribution in [2.45, 2.75) is 6.04 Å². The smallest absolute Gasteiger partial charge is 0.252 e. The standard InChI is InChI=1S/C14H13N3O3S/c18-14(17-10-5-8-21(19,20)9-10)12-4-2-1-3-11(12)13-15-6-7-16-13/h1-8,10H,9H2,(H,15,16)(H,17,18). The van der Waals surface area contributed by atoms with E-state index >= 15 is 0 Å². The summed E-state index contributed by atoms with van der Waals surface area (Å²) in [5, 5.41) is 3.84. The highest BCUT2D eigenvalue weighted by atomic mass is 32.2. The van der Waals surface area contributed by atoms with Gasteiger partial charge in [0.1, 0.15) is 5.82 Å². The molecule has 1 aliphatic rings. The van der Waals surface area contributed by atoms with Gasteiger partial charge in [0, 0.05) is 23.4 Å². The number of nitrogens with one attached hydrogen (secondary N) is 2. The Labute approximate surface area is 121 Å². The first-order valence-corrected chi connectivity index (χ1v) is 8.07. The van der Waals surface area contributed by atoms with E-state index in [1.165, 1.54) is 6.08 Å². The van der Waals surface area contributed by atoms with E-state index in [4.69, 9.17) is 0 Å². The van der Waals surface area contributed by atoms with Crippen molar-refractivity contribution in [1.29, 1.82) is 0 Å². The van der Waals surface area contributed by atoms with Crippen LogP contribution in [0.4, 0.5) is 0 Å². The number of hydrogen-bond acceptors (Lipinski definition) is 4. The number of aromatic amines is 1. The molecule has 0 radical (unpaired) electrons. The minimum Gasteiger partial charge on any atom is -0.345 e. The van der Waals surface area contributed by atoms with Gasteiger partial charge in [-0.25, -0.2) is 13.4 Å². The molecule has 108 valence electrons. The lowest BCUT2D eigenvalue weighted by atomic mass is 10.1. The van der Waals surface area contributed by atoms with Gasteiger partial charge in [-0.1, -0.05) is 18.2 Å². The Hall–Kier alpha value is -2.41. The summed E-state index contributed by atoms with van der Waals surface area (Å²) in [6, 6.07) is 6.54. The van der Waals surface area contributed by atoms with Crippen molar-refractivity contribution in [3.63, 3.8) is 0 Å². The van der Waals surface area contributed by atoms with Crippen molar-refractivity contribution < 1.29 is 13.2 Å². The zero-order chi connectivity index (χ0) is 14.9. The van der Waals surface area contributed by atoms with E-state index in [9.17, 15) is 13.2 Å². The minimum absolute atomic E-state index is 0.0956. The Morgan fingerprint density at radius 3 is 2.81 bits per heavy atom. The van der Waals surface area contributed by atoms with E-state index in [1.54, 1.807) is 30.6 Å². The summed E-state index contributed by atoms with van der Waals surface area (Å²) < 4.78 is 22.7. The Kier molecular flexibility index (Phi) is 3.34. The van der Waals surface area contributed by atoms with Crippen molar-refractivity contribution in [2.75, 3.05) is 5.75 Å². The van der Waals surface area contributed by atoms with Crippen LogP contribution in [0.15, 0.2) is 48.1 Å². The quantitative estimate of drug-likeness (QED) is 0.888. The molecule has 1 atom stereocenters. The van der Waals surface area contributed by atoms with Crippen molar-refractivity contribution in [3.05, 3.63) is 53.7 Å². The van der Waals surface area contributed by atoms with Crippen molar-refractivity contribution in [1.82, 2.24) is 15.3 Å². The molecule has 0 spiro atoms. The molecule has 21 heavy (non-hydrogen) atoms. The van der Waals surface area contributed by atoms with Crippen molar-refractivity contribution in [2.24, 2.45) is 0 Å². The van der Waals surface area contributed by atoms with Gasteiger partial charge in [0.25, 0.3) is 5.91 Å². The van der Waals surface area contributed by atoms with E-state index in [2.05, 4.69) is 15.3 Å². The van der Waals surface area contributed by atoms with Gasteiger partial charge in [-0.3, -0.25) is 4.79 Å². The number of benzene rings is 1. The third-order valence-corrected chi connectivity index (χ3v) is 4.57. The van der Waals surface area contributed by atoms with Crippen LogP contribution in [-0.2, 0) is 9.84 Å². The zero-order valence-corrected chi connectivity index (χ0v) is 11.8. The molecule has 2 aromatic rings. The number of carbonyl (C=O) groups is 1. The summed E-state index contributed by atoms with van der Waals surface area (Å²) in [4.78, 5) is 19.4. The number of amides is 1. The SMILES string of the molecule is O=C(NC1C=CS(=O)(=O)C1)c1ccccc1-c1ncc[nH]1. The van der Waals surface area contributed by atoms with Crippen LogP contribution < -0.4 is 5.32 Å². The Morgan fingerprint density at radius 1 is 1.33 bits per heavy atom. The topological polar surface area (TPSA) is 91.9 Å². The Bertz CT molecular complexity index is 795. The second-order valence-corrected chi connectivity index (χ2v) is 6.65. The number of sulfone groups is 1. The average Bonchev–Trinajstić information content (AvgIpc) is 3.08. The Balaban J connectivity index is 1.85. The maximum atomic E-state index is 12.3. The van der Waals surface area contributed by atoms with E-state index < -0.39 is 15.9 Å². The van der Waals surface area contributed by atoms with Crippen LogP contribution in [0.1, 0.15) is 10.4 Å². The molecule has 0 bridgehead atoms. The average molecular weight is 303 g/mol. The number of H-pyrrole nitrogens is 1. The lowest BCUT2D eigenvalue weighted by Crippen LogP contribution is -2.35. The lowest BCUT2D eigenvalue weighted by Gasteiger charge is -2.12. The van der Waals surface area contributed by atoms with Gasteiger partial charge in [-0.2, -0.15) is 0 Å². The van der Waals surface area contributed by atoms with Gasteiger partial charge in [-0.05, 0) is 12.1 Å². The molecule has 7 heteroatoms. The fraction of sp³-hybridized carbons (Fsp3) is 0.143. The predicted molar refractivity (Wildman–Crippen MR) is 78.2 cm³/mol. The first kappa shape index (κ1) is 13.6. The first-order chi connectivity index (χ1) is 10.1. The van der Waals surface area contributed by atoms with E-state index in [0.717, 1.165) is 5.41 Å². The maximum absolute atomic E-state index is 12.3. The van der Waals surface area contributed by atoms with Crippen LogP contribution in [0.5, 0.6) is 0 Å². The summed E-state index contributed by atoms with van der Waals surface area (Å²) in [5.74, 6) is 0.172. The molecular formula is C14H13N3O3S. The molecule has 1 aromatic heterocycles. The van der Waals surface area contributed by atoms with Crippen molar-refractivity contribution in [3.8, 4) is 11.4 Å². The molecule has 0 fully saturated rings. The summed E-state index contributed by atoms with van der Waals surface area (Å²) in [6.07, 6.45) is 4.77. The monoisotopic (exact) mass is 303 g/mol. The fourth-order valence-electron chi connectivity index (χ4n) is 2.21. The van der Waals surface area contributed by atoms with Gasteiger partial charge in [0.2, 0.25) is 0 Å². The summed E-state index contributed by atoms with van der Waals surface area (Å²) >= 11 is 0. The molecule has 3 rings (SSSR count). The van der Waals surface area contributed by atoms with Crippen LogP contribution in [0.25, 0.3) is 11.4 Å². The van der Waals surface area contributed by atoms with Crippen LogP contribution in [0.2, 0.25) is 0 Å². The summed E-state index contributed by atoms with van der Waals surface area (Å²) in [6.45, 7) is 0. The molecule has 0 saturated heterocycles. The van der Waals surface area contributed by atoms with Crippen LogP contribution in [0.3, 0.4) is 0 Å². The largest absolute Gasteiger partial charge is 0.345 e. The molecule has 0 saturated carbocycles. The van der Waals surface area contributed by atoms with Gasteiger partial charge in [0.05, 0.1) is 17.4 Å². The molecule has 1 amide bonds. The number of carbonyl (C=O) groups excluding carboxylic acids is 1. The second kappa shape index (κ2) is 5.17. The molecule has 2 heterocycles. The maximum Gasteiger partial charge on any atom is 0.252 e. The van der Waals surface area contributed by atoms with Gasteiger partial charge >= 0.3 is 0 Å². The number of aromatic nitrogens is 2. The van der Waals surface area contributed by atoms with Gasteiger partial charge in [0.15, 0.2) is 9.84 Å². The van der Waals surface area contributed by atoms with Crippen LogP contribution >= 0.6 is 0 Å². The summed E-state index contributed by atoms with van der Waals surface area (Å²) in [7, 11) is -3.19. The van der Waals surface area contributed by atoms with E-state index in [-0.39, 0.29) is 11.7 Å². The lowest BCUT2D eigenvalue weighted by molar-refractivity contribution is 0.0948. The molecule has 1 aliphatic heterocycles. The minimum atomic E-state index is -3.19. The van der Waals surface area contributed by atoms with E-state index in [0.29, 0.717) is 17.0 Å². The number of imidazole rings is 1. The predicted octanol–water partition coefficient (Wildman–Crippen LogP) is 1.12. The number of hydrogen-bond donors (Lipinski definition) is 2. The molecule has 1 aromatic carbocycles. The molecule has 6 nitrogen and oxygen atoms in total. The van der Waals surface area contributed by atoms with Crippen molar-refractivity contribution >= 4 is 15.7 Å². The van der Waals surface area contributed by atoms with E-state index in [1.807, 2.05) is 6.07 Å². The van der Waals surface area contributed by atoms with Crippen LogP contribution in [-0.4, -0.2) is 36.1 Å². The zero-order valence-electron chi connectivity index (χ0n) is 11.0. The number of rotatable bonds is 3. The van der Waals surface area contributed by atoms with Gasteiger partial charge in [-0.15, -0.1) is 0 Å². The molecule has 1 unspecified atom stereocenters. The highest BCUT2D eigenvalue weighted by Crippen LogP contribution is 2.20. The first-order valence-electron chi connectivity index (χ1n) is 6.36. The van der Waals surface area contributed by atoms with Crippen LogP contribution in [0, 0.1) is 0 Å². The normalized spacial score (nSPS) is 19.5. The molecule has 2 N–H and O–H groups in total. The number of nitrogens with zero attached hydrogens (tertiary/aromatic N) is 1. The third-order valence-electron chi connectivity index (χ3n) is 3.17. The highest BCUT2D eigenvalue weighted by molar-refractivity contribution is 7.94.